The molecule has 0 aliphatic carbocycles. The maximum absolute atomic E-state index is 13.7. The minimum Gasteiger partial charge on any atom is -0.508 e. The van der Waals surface area contributed by atoms with Crippen molar-refractivity contribution >= 4 is 11.5 Å². The Hall–Kier alpha value is -2.45. The Morgan fingerprint density at radius 1 is 1.05 bits per heavy atom. The zero-order valence-electron chi connectivity index (χ0n) is 25.6. The van der Waals surface area contributed by atoms with E-state index in [0.29, 0.717) is 42.4 Å². The predicted molar refractivity (Wildman–Crippen MR) is 159 cm³/mol. The Labute approximate surface area is 244 Å². The Morgan fingerprint density at radius 2 is 1.78 bits per heavy atom. The molecule has 2 fully saturated rings. The van der Waals surface area contributed by atoms with Crippen LogP contribution < -0.4 is 0 Å². The van der Waals surface area contributed by atoms with E-state index >= 15 is 0 Å². The molecule has 2 saturated heterocycles. The van der Waals surface area contributed by atoms with Crippen molar-refractivity contribution in [1.82, 2.24) is 0 Å². The lowest BCUT2D eigenvalue weighted by atomic mass is 9.79. The van der Waals surface area contributed by atoms with E-state index in [1.165, 1.54) is 0 Å². The average molecular weight is 569 g/mol. The maximum Gasteiger partial charge on any atom is 0.339 e. The Bertz CT molecular complexity index is 1200. The quantitative estimate of drug-likeness (QED) is 0.286. The summed E-state index contributed by atoms with van der Waals surface area (Å²) < 4.78 is 19.6. The Kier molecular flexibility index (Phi) is 9.85. The van der Waals surface area contributed by atoms with E-state index in [2.05, 4.69) is 13.8 Å². The number of aliphatic hydroxyl groups excluding tert-OH is 2. The highest BCUT2D eigenvalue weighted by molar-refractivity contribution is 5.96. The van der Waals surface area contributed by atoms with Gasteiger partial charge in [0.2, 0.25) is 0 Å². The number of ether oxygens (including phenoxy) is 3. The summed E-state index contributed by atoms with van der Waals surface area (Å²) in [4.78, 5) is 13.7. The number of aryl methyl sites for hydroxylation is 1. The molecular weight excluding hydrogens is 520 g/mol. The van der Waals surface area contributed by atoms with Gasteiger partial charge < -0.3 is 29.5 Å². The van der Waals surface area contributed by atoms with Gasteiger partial charge in [0.15, 0.2) is 5.79 Å². The highest BCUT2D eigenvalue weighted by Gasteiger charge is 2.52. The molecule has 0 aromatic heterocycles. The minimum atomic E-state index is -1.08. The van der Waals surface area contributed by atoms with Crippen LogP contribution in [0.1, 0.15) is 95.1 Å². The first kappa shape index (κ1) is 31.5. The van der Waals surface area contributed by atoms with Gasteiger partial charge in [0.1, 0.15) is 11.9 Å². The molecule has 9 unspecified atom stereocenters. The number of carbonyl (C=O) groups is 1. The fourth-order valence-corrected chi connectivity index (χ4v) is 6.39. The maximum atomic E-state index is 13.7. The molecule has 7 heteroatoms. The molecule has 1 spiro atoms. The fraction of sp³-hybridized carbons (Fsp3) is 0.618. The Balaban J connectivity index is 1.76. The highest BCUT2D eigenvalue weighted by Crippen LogP contribution is 2.45. The van der Waals surface area contributed by atoms with Crippen LogP contribution >= 0.6 is 0 Å². The van der Waals surface area contributed by atoms with Crippen molar-refractivity contribution in [3.63, 3.8) is 0 Å². The van der Waals surface area contributed by atoms with Gasteiger partial charge in [-0.25, -0.2) is 4.79 Å². The van der Waals surface area contributed by atoms with Crippen molar-refractivity contribution in [2.24, 2.45) is 17.8 Å². The molecule has 3 N–H and O–H groups in total. The number of phenols is 1. The van der Waals surface area contributed by atoms with E-state index in [9.17, 15) is 20.1 Å². The van der Waals surface area contributed by atoms with Gasteiger partial charge in [0, 0.05) is 31.1 Å². The fourth-order valence-electron chi connectivity index (χ4n) is 6.39. The third kappa shape index (κ3) is 6.96. The molecule has 1 aromatic rings. The van der Waals surface area contributed by atoms with Gasteiger partial charge in [-0.15, -0.1) is 0 Å². The molecule has 0 saturated carbocycles. The second kappa shape index (κ2) is 12.8. The first-order chi connectivity index (χ1) is 19.3. The predicted octanol–water partition coefficient (Wildman–Crippen LogP) is 6.24. The van der Waals surface area contributed by atoms with Crippen molar-refractivity contribution in [2.75, 3.05) is 0 Å². The van der Waals surface area contributed by atoms with Crippen molar-refractivity contribution in [3.05, 3.63) is 58.7 Å². The first-order valence-corrected chi connectivity index (χ1v) is 15.1. The zero-order chi connectivity index (χ0) is 30.1. The van der Waals surface area contributed by atoms with E-state index in [1.54, 1.807) is 19.1 Å². The summed E-state index contributed by atoms with van der Waals surface area (Å²) in [5, 5.41) is 32.6. The van der Waals surface area contributed by atoms with Crippen LogP contribution in [0.5, 0.6) is 5.75 Å². The topological polar surface area (TPSA) is 105 Å². The molecule has 2 bridgehead atoms. The molecule has 3 heterocycles. The number of fused-ring (bicyclic) bond motifs is 3. The number of carbonyl (C=O) groups excluding carboxylic acids is 1. The lowest BCUT2D eigenvalue weighted by Gasteiger charge is -2.52. The van der Waals surface area contributed by atoms with E-state index < -0.39 is 30.1 Å². The van der Waals surface area contributed by atoms with E-state index in [0.717, 1.165) is 17.6 Å². The number of allylic oxidation sites excluding steroid dienone is 3. The molecule has 9 atom stereocenters. The first-order valence-electron chi connectivity index (χ1n) is 15.1. The third-order valence-electron chi connectivity index (χ3n) is 9.33. The van der Waals surface area contributed by atoms with Crippen molar-refractivity contribution in [3.8, 4) is 5.75 Å². The van der Waals surface area contributed by atoms with Crippen LogP contribution in [0.4, 0.5) is 0 Å². The smallest absolute Gasteiger partial charge is 0.339 e. The van der Waals surface area contributed by atoms with Crippen molar-refractivity contribution in [2.45, 2.75) is 117 Å². The number of aromatic hydroxyl groups is 1. The van der Waals surface area contributed by atoms with Gasteiger partial charge in [-0.05, 0) is 67.5 Å². The number of hydrogen-bond donors (Lipinski definition) is 3. The van der Waals surface area contributed by atoms with Crippen LogP contribution in [-0.4, -0.2) is 57.6 Å². The molecule has 226 valence electrons. The SMILES string of the molecule is CCC(C)C1OC2(CC3CC(CC=C(C)C(O)C(C)C=CC=C(C)c4cc(O)c(C)cc4C(=O)O3)O2)CC(O)C1C. The summed E-state index contributed by atoms with van der Waals surface area (Å²) in [6.07, 6.45) is 7.88. The normalized spacial score (nSPS) is 35.7. The number of esters is 1. The Morgan fingerprint density at radius 3 is 2.49 bits per heavy atom. The monoisotopic (exact) mass is 568 g/mol. The number of rotatable bonds is 2. The summed E-state index contributed by atoms with van der Waals surface area (Å²) in [6.45, 7) is 13.8. The number of phenolic OH excluding ortho intramolecular Hbond substituents is 1. The second-order valence-corrected chi connectivity index (χ2v) is 12.6. The summed E-state index contributed by atoms with van der Waals surface area (Å²) in [5.74, 6) is -1.41. The van der Waals surface area contributed by atoms with Crippen LogP contribution in [0.15, 0.2) is 42.0 Å². The molecule has 7 nitrogen and oxygen atoms in total. The molecule has 0 amide bonds. The van der Waals surface area contributed by atoms with Crippen LogP contribution in [-0.2, 0) is 14.2 Å². The van der Waals surface area contributed by atoms with Crippen LogP contribution in [0, 0.1) is 24.7 Å². The third-order valence-corrected chi connectivity index (χ3v) is 9.33. The number of benzene rings is 1. The molecule has 4 rings (SSSR count). The molecular formula is C34H48O7. The molecule has 41 heavy (non-hydrogen) atoms. The van der Waals surface area contributed by atoms with Gasteiger partial charge >= 0.3 is 5.97 Å². The highest BCUT2D eigenvalue weighted by atomic mass is 16.7. The summed E-state index contributed by atoms with van der Waals surface area (Å²) in [5.41, 5.74) is 3.18. The van der Waals surface area contributed by atoms with Crippen LogP contribution in [0.2, 0.25) is 0 Å². The largest absolute Gasteiger partial charge is 0.508 e. The van der Waals surface area contributed by atoms with E-state index in [-0.39, 0.29) is 35.7 Å². The standard InChI is InChI=1S/C34H48O7/c1-8-19(2)32-24(7)30(36)18-34(41-32)17-26-15-25(40-34)13-12-22(5)31(37)21(4)11-9-10-20(3)27-16-29(35)23(6)14-28(27)33(38)39-26/h9-12,14,16,19,21,24-26,30-32,35-37H,8,13,15,17-18H2,1-7H3. The lowest BCUT2D eigenvalue weighted by Crippen LogP contribution is -2.59. The van der Waals surface area contributed by atoms with E-state index in [1.807, 2.05) is 52.0 Å². The number of hydrogen-bond acceptors (Lipinski definition) is 7. The van der Waals surface area contributed by atoms with Gasteiger partial charge in [-0.2, -0.15) is 0 Å². The number of aliphatic hydroxyl groups is 2. The molecule has 3 aliphatic heterocycles. The van der Waals surface area contributed by atoms with Gasteiger partial charge in [-0.1, -0.05) is 58.4 Å². The van der Waals surface area contributed by atoms with Gasteiger partial charge in [0.05, 0.1) is 30.0 Å². The van der Waals surface area contributed by atoms with Gasteiger partial charge in [0.25, 0.3) is 0 Å². The second-order valence-electron chi connectivity index (χ2n) is 12.6. The van der Waals surface area contributed by atoms with Crippen molar-refractivity contribution < 1.29 is 34.3 Å². The van der Waals surface area contributed by atoms with Crippen LogP contribution in [0.3, 0.4) is 0 Å². The summed E-state index contributed by atoms with van der Waals surface area (Å²) in [6, 6.07) is 3.27. The van der Waals surface area contributed by atoms with Crippen molar-refractivity contribution in [1.29, 1.82) is 0 Å². The lowest BCUT2D eigenvalue weighted by molar-refractivity contribution is -0.353. The van der Waals surface area contributed by atoms with E-state index in [4.69, 9.17) is 14.2 Å². The van der Waals surface area contributed by atoms with Crippen LogP contribution in [0.25, 0.3) is 5.57 Å². The molecule has 3 aliphatic rings. The van der Waals surface area contributed by atoms with Gasteiger partial charge in [-0.3, -0.25) is 0 Å². The zero-order valence-corrected chi connectivity index (χ0v) is 25.6. The minimum absolute atomic E-state index is 0.0461. The summed E-state index contributed by atoms with van der Waals surface area (Å²) in [7, 11) is 0. The molecule has 0 radical (unpaired) electrons. The average Bonchev–Trinajstić information content (AvgIpc) is 2.93. The summed E-state index contributed by atoms with van der Waals surface area (Å²) >= 11 is 0. The molecule has 1 aromatic carbocycles.